The van der Waals surface area contributed by atoms with Gasteiger partial charge in [-0.25, -0.2) is 0 Å². The lowest BCUT2D eigenvalue weighted by Crippen LogP contribution is -2.40. The Labute approximate surface area is 123 Å². The molecule has 1 aromatic rings. The lowest BCUT2D eigenvalue weighted by molar-refractivity contribution is 0.0540. The van der Waals surface area contributed by atoms with Crippen LogP contribution < -0.4 is 5.32 Å². The first-order valence-corrected chi connectivity index (χ1v) is 8.10. The summed E-state index contributed by atoms with van der Waals surface area (Å²) in [4.78, 5) is 0. The minimum atomic E-state index is 0.591. The summed E-state index contributed by atoms with van der Waals surface area (Å²) in [5, 5.41) is 3.68. The van der Waals surface area contributed by atoms with Gasteiger partial charge in [0.2, 0.25) is 0 Å². The number of benzene rings is 1. The molecule has 0 radical (unpaired) electrons. The molecule has 2 heteroatoms. The normalized spacial score (nSPS) is 18.4. The van der Waals surface area contributed by atoms with E-state index in [1.165, 1.54) is 24.0 Å². The standard InChI is InChI=1S/C18H29NO/c1-4-19-18(17-9-11-20-12-10-17)13-15-5-7-16(8-6-15)14(2)3/h5-8,14,17-19H,4,9-13H2,1-3H3. The number of ether oxygens (including phenoxy) is 1. The van der Waals surface area contributed by atoms with E-state index in [0.29, 0.717) is 12.0 Å². The van der Waals surface area contributed by atoms with Gasteiger partial charge < -0.3 is 10.1 Å². The fourth-order valence-electron chi connectivity index (χ4n) is 3.08. The summed E-state index contributed by atoms with van der Waals surface area (Å²) in [7, 11) is 0. The van der Waals surface area contributed by atoms with Crippen LogP contribution in [0.4, 0.5) is 0 Å². The van der Waals surface area contributed by atoms with Gasteiger partial charge in [0.25, 0.3) is 0 Å². The summed E-state index contributed by atoms with van der Waals surface area (Å²) in [5.74, 6) is 1.37. The van der Waals surface area contributed by atoms with Crippen LogP contribution in [-0.2, 0) is 11.2 Å². The topological polar surface area (TPSA) is 21.3 Å². The molecule has 0 aromatic heterocycles. The second kappa shape index (κ2) is 7.80. The van der Waals surface area contributed by atoms with E-state index in [9.17, 15) is 0 Å². The van der Waals surface area contributed by atoms with Gasteiger partial charge in [-0.1, -0.05) is 45.0 Å². The van der Waals surface area contributed by atoms with Crippen molar-refractivity contribution in [2.75, 3.05) is 19.8 Å². The molecule has 1 heterocycles. The monoisotopic (exact) mass is 275 g/mol. The van der Waals surface area contributed by atoms with Gasteiger partial charge in [-0.15, -0.1) is 0 Å². The smallest absolute Gasteiger partial charge is 0.0469 e. The molecule has 2 nitrogen and oxygen atoms in total. The van der Waals surface area contributed by atoms with Crippen LogP contribution in [0.3, 0.4) is 0 Å². The fourth-order valence-corrected chi connectivity index (χ4v) is 3.08. The number of hydrogen-bond acceptors (Lipinski definition) is 2. The van der Waals surface area contributed by atoms with Crippen molar-refractivity contribution in [1.29, 1.82) is 0 Å². The number of likely N-dealkylation sites (N-methyl/N-ethyl adjacent to an activating group) is 1. The molecule has 2 rings (SSSR count). The Morgan fingerprint density at radius 3 is 2.35 bits per heavy atom. The molecule has 1 aromatic carbocycles. The maximum Gasteiger partial charge on any atom is 0.0469 e. The maximum atomic E-state index is 5.49. The van der Waals surface area contributed by atoms with Crippen molar-refractivity contribution in [1.82, 2.24) is 5.32 Å². The Morgan fingerprint density at radius 1 is 1.15 bits per heavy atom. The molecule has 1 aliphatic rings. The van der Waals surface area contributed by atoms with Crippen LogP contribution in [0.15, 0.2) is 24.3 Å². The molecule has 0 amide bonds. The molecular formula is C18H29NO. The van der Waals surface area contributed by atoms with E-state index in [4.69, 9.17) is 4.74 Å². The second-order valence-electron chi connectivity index (χ2n) is 6.21. The van der Waals surface area contributed by atoms with Gasteiger partial charge in [-0.2, -0.15) is 0 Å². The quantitative estimate of drug-likeness (QED) is 0.853. The van der Waals surface area contributed by atoms with E-state index in [1.807, 2.05) is 0 Å². The second-order valence-corrected chi connectivity index (χ2v) is 6.21. The van der Waals surface area contributed by atoms with Crippen molar-refractivity contribution in [3.63, 3.8) is 0 Å². The highest BCUT2D eigenvalue weighted by Crippen LogP contribution is 2.22. The van der Waals surface area contributed by atoms with E-state index in [2.05, 4.69) is 50.4 Å². The maximum absolute atomic E-state index is 5.49. The molecule has 0 saturated carbocycles. The van der Waals surface area contributed by atoms with Crippen LogP contribution in [0.1, 0.15) is 50.7 Å². The Balaban J connectivity index is 1.99. The van der Waals surface area contributed by atoms with E-state index in [0.717, 1.165) is 32.1 Å². The predicted molar refractivity (Wildman–Crippen MR) is 85.2 cm³/mol. The van der Waals surface area contributed by atoms with Gasteiger partial charge in [0, 0.05) is 19.3 Å². The number of rotatable bonds is 6. The first-order valence-electron chi connectivity index (χ1n) is 8.10. The van der Waals surface area contributed by atoms with E-state index >= 15 is 0 Å². The van der Waals surface area contributed by atoms with Gasteiger partial charge in [-0.3, -0.25) is 0 Å². The van der Waals surface area contributed by atoms with Gasteiger partial charge in [0.05, 0.1) is 0 Å². The van der Waals surface area contributed by atoms with Crippen molar-refractivity contribution >= 4 is 0 Å². The van der Waals surface area contributed by atoms with E-state index < -0.39 is 0 Å². The third-order valence-electron chi connectivity index (χ3n) is 4.40. The average Bonchev–Trinajstić information content (AvgIpc) is 2.48. The fraction of sp³-hybridized carbons (Fsp3) is 0.667. The van der Waals surface area contributed by atoms with Gasteiger partial charge in [-0.05, 0) is 48.8 Å². The minimum absolute atomic E-state index is 0.591. The van der Waals surface area contributed by atoms with Crippen molar-refractivity contribution in [2.24, 2.45) is 5.92 Å². The minimum Gasteiger partial charge on any atom is -0.381 e. The van der Waals surface area contributed by atoms with Crippen LogP contribution in [0.25, 0.3) is 0 Å². The Morgan fingerprint density at radius 2 is 1.80 bits per heavy atom. The lowest BCUT2D eigenvalue weighted by atomic mass is 9.87. The third kappa shape index (κ3) is 4.32. The molecule has 20 heavy (non-hydrogen) atoms. The Bertz CT molecular complexity index is 379. The predicted octanol–water partition coefficient (Wildman–Crippen LogP) is 3.76. The molecule has 1 fully saturated rings. The molecule has 0 bridgehead atoms. The number of hydrogen-bond donors (Lipinski definition) is 1. The van der Waals surface area contributed by atoms with E-state index in [1.54, 1.807) is 0 Å². The number of nitrogens with one attached hydrogen (secondary N) is 1. The van der Waals surface area contributed by atoms with Crippen molar-refractivity contribution in [2.45, 2.75) is 52.0 Å². The molecule has 1 atom stereocenters. The molecule has 1 unspecified atom stereocenters. The largest absolute Gasteiger partial charge is 0.381 e. The zero-order valence-electron chi connectivity index (χ0n) is 13.2. The zero-order chi connectivity index (χ0) is 14.4. The summed E-state index contributed by atoms with van der Waals surface area (Å²) in [6.45, 7) is 9.61. The molecule has 112 valence electrons. The van der Waals surface area contributed by atoms with Gasteiger partial charge in [0.1, 0.15) is 0 Å². The van der Waals surface area contributed by atoms with Crippen molar-refractivity contribution in [3.05, 3.63) is 35.4 Å². The van der Waals surface area contributed by atoms with Crippen LogP contribution in [0.5, 0.6) is 0 Å². The van der Waals surface area contributed by atoms with E-state index in [-0.39, 0.29) is 0 Å². The highest BCUT2D eigenvalue weighted by Gasteiger charge is 2.23. The highest BCUT2D eigenvalue weighted by atomic mass is 16.5. The Hall–Kier alpha value is -0.860. The molecular weight excluding hydrogens is 246 g/mol. The summed E-state index contributed by atoms with van der Waals surface area (Å²) in [6.07, 6.45) is 3.53. The molecule has 0 spiro atoms. The molecule has 1 N–H and O–H groups in total. The molecule has 1 aliphatic heterocycles. The first kappa shape index (κ1) is 15.5. The van der Waals surface area contributed by atoms with Crippen LogP contribution in [-0.4, -0.2) is 25.8 Å². The summed E-state index contributed by atoms with van der Waals surface area (Å²) in [6, 6.07) is 9.77. The Kier molecular flexibility index (Phi) is 6.06. The average molecular weight is 275 g/mol. The van der Waals surface area contributed by atoms with Crippen molar-refractivity contribution < 1.29 is 4.74 Å². The first-order chi connectivity index (χ1) is 9.70. The third-order valence-corrected chi connectivity index (χ3v) is 4.40. The van der Waals surface area contributed by atoms with Crippen LogP contribution in [0.2, 0.25) is 0 Å². The summed E-state index contributed by atoms with van der Waals surface area (Å²) >= 11 is 0. The van der Waals surface area contributed by atoms with Gasteiger partial charge >= 0.3 is 0 Å². The summed E-state index contributed by atoms with van der Waals surface area (Å²) in [5.41, 5.74) is 2.88. The summed E-state index contributed by atoms with van der Waals surface area (Å²) < 4.78 is 5.49. The molecule has 1 saturated heterocycles. The zero-order valence-corrected chi connectivity index (χ0v) is 13.2. The van der Waals surface area contributed by atoms with Crippen LogP contribution >= 0.6 is 0 Å². The van der Waals surface area contributed by atoms with Crippen molar-refractivity contribution in [3.8, 4) is 0 Å². The molecule has 0 aliphatic carbocycles. The highest BCUT2D eigenvalue weighted by molar-refractivity contribution is 5.25. The van der Waals surface area contributed by atoms with Crippen LogP contribution in [0, 0.1) is 5.92 Å². The lowest BCUT2D eigenvalue weighted by Gasteiger charge is -2.31. The van der Waals surface area contributed by atoms with Gasteiger partial charge in [0.15, 0.2) is 0 Å². The SMILES string of the molecule is CCNC(Cc1ccc(C(C)C)cc1)C1CCOCC1.